The van der Waals surface area contributed by atoms with Crippen LogP contribution in [0.4, 0.5) is 5.69 Å². The number of hydrogen-bond acceptors (Lipinski definition) is 4. The Bertz CT molecular complexity index is 505. The predicted octanol–water partition coefficient (Wildman–Crippen LogP) is 2.17. The van der Waals surface area contributed by atoms with Crippen molar-refractivity contribution < 1.29 is 0 Å². The fraction of sp³-hybridized carbons (Fsp3) is 0.417. The van der Waals surface area contributed by atoms with Gasteiger partial charge in [0.2, 0.25) is 0 Å². The molecule has 0 spiro atoms. The molecule has 0 unspecified atom stereocenters. The number of rotatable bonds is 2. The van der Waals surface area contributed by atoms with Crippen LogP contribution in [0.25, 0.3) is 0 Å². The zero-order chi connectivity index (χ0) is 12.4. The lowest BCUT2D eigenvalue weighted by atomic mass is 10.0. The molecule has 94 valence electrons. The average Bonchev–Trinajstić information content (AvgIpc) is 2.94. The van der Waals surface area contributed by atoms with Gasteiger partial charge in [0.1, 0.15) is 12.7 Å². The molecule has 2 aromatic heterocycles. The van der Waals surface area contributed by atoms with Crippen molar-refractivity contribution in [3.63, 3.8) is 0 Å². The van der Waals surface area contributed by atoms with Gasteiger partial charge >= 0.3 is 0 Å². The van der Waals surface area contributed by atoms with Gasteiger partial charge in [-0.2, -0.15) is 5.10 Å². The highest BCUT2D eigenvalue weighted by Crippen LogP contribution is 2.29. The van der Waals surface area contributed by atoms with Crippen LogP contribution >= 0.6 is 11.6 Å². The molecule has 0 bridgehead atoms. The molecule has 0 N–H and O–H groups in total. The molecule has 1 aliphatic rings. The molecule has 5 nitrogen and oxygen atoms in total. The van der Waals surface area contributed by atoms with Gasteiger partial charge in [-0.25, -0.2) is 9.67 Å². The molecule has 6 heteroatoms. The third-order valence-electron chi connectivity index (χ3n) is 3.37. The van der Waals surface area contributed by atoms with Crippen LogP contribution in [0.3, 0.4) is 0 Å². The Kier molecular flexibility index (Phi) is 3.15. The maximum atomic E-state index is 6.16. The first-order chi connectivity index (χ1) is 8.84. The van der Waals surface area contributed by atoms with E-state index in [1.807, 2.05) is 10.7 Å². The third kappa shape index (κ3) is 2.18. The van der Waals surface area contributed by atoms with Crippen molar-refractivity contribution >= 4 is 17.3 Å². The quantitative estimate of drug-likeness (QED) is 0.833. The maximum Gasteiger partial charge on any atom is 0.137 e. The predicted molar refractivity (Wildman–Crippen MR) is 69.8 cm³/mol. The van der Waals surface area contributed by atoms with Gasteiger partial charge in [-0.05, 0) is 18.9 Å². The highest BCUT2D eigenvalue weighted by molar-refractivity contribution is 6.33. The van der Waals surface area contributed by atoms with Crippen LogP contribution in [-0.4, -0.2) is 32.8 Å². The molecule has 1 aliphatic heterocycles. The molecule has 3 rings (SSSR count). The standard InChI is InChI=1S/C12H14ClN5/c13-11-7-14-4-1-12(11)17-5-2-10(3-6-17)18-9-15-8-16-18/h1,4,7-10H,2-3,5-6H2. The number of anilines is 1. The largest absolute Gasteiger partial charge is 0.370 e. The van der Waals surface area contributed by atoms with E-state index in [9.17, 15) is 0 Å². The van der Waals surface area contributed by atoms with E-state index in [2.05, 4.69) is 20.0 Å². The van der Waals surface area contributed by atoms with E-state index >= 15 is 0 Å². The van der Waals surface area contributed by atoms with Gasteiger partial charge in [-0.15, -0.1) is 0 Å². The zero-order valence-corrected chi connectivity index (χ0v) is 10.7. The third-order valence-corrected chi connectivity index (χ3v) is 3.66. The maximum absolute atomic E-state index is 6.16. The summed E-state index contributed by atoms with van der Waals surface area (Å²) >= 11 is 6.16. The lowest BCUT2D eigenvalue weighted by Crippen LogP contribution is -2.35. The summed E-state index contributed by atoms with van der Waals surface area (Å²) in [6, 6.07) is 2.42. The van der Waals surface area contributed by atoms with Gasteiger partial charge in [-0.3, -0.25) is 4.98 Å². The minimum atomic E-state index is 0.448. The zero-order valence-electron chi connectivity index (χ0n) is 9.91. The summed E-state index contributed by atoms with van der Waals surface area (Å²) in [6.07, 6.45) is 8.97. The first-order valence-corrected chi connectivity index (χ1v) is 6.41. The second-order valence-corrected chi connectivity index (χ2v) is 4.83. The Hall–Kier alpha value is -1.62. The molecule has 0 saturated carbocycles. The first-order valence-electron chi connectivity index (χ1n) is 6.03. The van der Waals surface area contributed by atoms with Gasteiger partial charge in [0.25, 0.3) is 0 Å². The van der Waals surface area contributed by atoms with Crippen molar-refractivity contribution in [3.8, 4) is 0 Å². The summed E-state index contributed by atoms with van der Waals surface area (Å²) in [5.41, 5.74) is 1.07. The van der Waals surface area contributed by atoms with Gasteiger partial charge < -0.3 is 4.90 Å². The Morgan fingerprint density at radius 3 is 2.72 bits per heavy atom. The van der Waals surface area contributed by atoms with Gasteiger partial charge in [0, 0.05) is 25.5 Å². The van der Waals surface area contributed by atoms with E-state index in [4.69, 9.17) is 11.6 Å². The van der Waals surface area contributed by atoms with E-state index < -0.39 is 0 Å². The number of hydrogen-bond donors (Lipinski definition) is 0. The number of halogens is 1. The van der Waals surface area contributed by atoms with Crippen LogP contribution in [0.1, 0.15) is 18.9 Å². The molecular weight excluding hydrogens is 250 g/mol. The molecule has 0 atom stereocenters. The Balaban J connectivity index is 1.69. The Labute approximate surface area is 110 Å². The summed E-state index contributed by atoms with van der Waals surface area (Å²) in [6.45, 7) is 1.96. The van der Waals surface area contributed by atoms with Crippen LogP contribution in [-0.2, 0) is 0 Å². The van der Waals surface area contributed by atoms with E-state index in [0.29, 0.717) is 6.04 Å². The Morgan fingerprint density at radius 2 is 2.06 bits per heavy atom. The first kappa shape index (κ1) is 11.5. The molecule has 18 heavy (non-hydrogen) atoms. The van der Waals surface area contributed by atoms with Gasteiger partial charge in [-0.1, -0.05) is 11.6 Å². The summed E-state index contributed by atoms with van der Waals surface area (Å²) < 4.78 is 1.95. The second-order valence-electron chi connectivity index (χ2n) is 4.42. The van der Waals surface area contributed by atoms with E-state index in [1.54, 1.807) is 25.0 Å². The fourth-order valence-electron chi connectivity index (χ4n) is 2.40. The lowest BCUT2D eigenvalue weighted by molar-refractivity contribution is 0.366. The van der Waals surface area contributed by atoms with Crippen molar-refractivity contribution in [2.75, 3.05) is 18.0 Å². The van der Waals surface area contributed by atoms with E-state index in [1.165, 1.54) is 0 Å². The number of pyridine rings is 1. The van der Waals surface area contributed by atoms with Gasteiger partial charge in [0.05, 0.1) is 16.8 Å². The fourth-order valence-corrected chi connectivity index (χ4v) is 2.64. The summed E-state index contributed by atoms with van der Waals surface area (Å²) in [4.78, 5) is 10.3. The summed E-state index contributed by atoms with van der Waals surface area (Å²) in [7, 11) is 0. The van der Waals surface area contributed by atoms with Crippen LogP contribution < -0.4 is 4.90 Å². The van der Waals surface area contributed by atoms with Crippen LogP contribution in [0.2, 0.25) is 5.02 Å². The number of piperidine rings is 1. The van der Waals surface area contributed by atoms with Crippen LogP contribution in [0, 0.1) is 0 Å². The normalized spacial score (nSPS) is 17.1. The topological polar surface area (TPSA) is 46.8 Å². The van der Waals surface area contributed by atoms with Crippen molar-refractivity contribution in [1.82, 2.24) is 19.7 Å². The number of aromatic nitrogens is 4. The molecule has 1 saturated heterocycles. The molecule has 1 fully saturated rings. The monoisotopic (exact) mass is 263 g/mol. The smallest absolute Gasteiger partial charge is 0.137 e. The average molecular weight is 264 g/mol. The van der Waals surface area contributed by atoms with Crippen molar-refractivity contribution in [2.45, 2.75) is 18.9 Å². The molecule has 0 amide bonds. The second kappa shape index (κ2) is 4.94. The SMILES string of the molecule is Clc1cnccc1N1CCC(n2cncn2)CC1. The summed E-state index contributed by atoms with van der Waals surface area (Å²) in [5, 5.41) is 4.93. The van der Waals surface area contributed by atoms with Crippen molar-refractivity contribution in [2.24, 2.45) is 0 Å². The summed E-state index contributed by atoms with van der Waals surface area (Å²) in [5.74, 6) is 0. The van der Waals surface area contributed by atoms with Crippen LogP contribution in [0.15, 0.2) is 31.1 Å². The van der Waals surface area contributed by atoms with Crippen LogP contribution in [0.5, 0.6) is 0 Å². The molecule has 3 heterocycles. The minimum absolute atomic E-state index is 0.448. The minimum Gasteiger partial charge on any atom is -0.370 e. The van der Waals surface area contributed by atoms with Crippen molar-refractivity contribution in [3.05, 3.63) is 36.1 Å². The van der Waals surface area contributed by atoms with Crippen molar-refractivity contribution in [1.29, 1.82) is 0 Å². The highest BCUT2D eigenvalue weighted by atomic mass is 35.5. The molecule has 0 aromatic carbocycles. The van der Waals surface area contributed by atoms with E-state index in [-0.39, 0.29) is 0 Å². The van der Waals surface area contributed by atoms with E-state index in [0.717, 1.165) is 36.6 Å². The molecule has 2 aromatic rings. The molecule has 0 radical (unpaired) electrons. The lowest BCUT2D eigenvalue weighted by Gasteiger charge is -2.33. The van der Waals surface area contributed by atoms with Gasteiger partial charge in [0.15, 0.2) is 0 Å². The molecular formula is C12H14ClN5. The molecule has 0 aliphatic carbocycles. The number of nitrogens with zero attached hydrogens (tertiary/aromatic N) is 5. The Morgan fingerprint density at radius 1 is 1.22 bits per heavy atom. The highest BCUT2D eigenvalue weighted by Gasteiger charge is 2.22.